The molecule has 0 bridgehead atoms. The lowest BCUT2D eigenvalue weighted by atomic mass is 10.1. The van der Waals surface area contributed by atoms with Gasteiger partial charge in [-0.3, -0.25) is 4.79 Å². The number of rotatable bonds is 2. The minimum atomic E-state index is -0.291. The molecule has 0 aliphatic heterocycles. The molecule has 1 amide bonds. The molecule has 0 unspecified atom stereocenters. The number of nitrogens with zero attached hydrogens (tertiary/aromatic N) is 2. The van der Waals surface area contributed by atoms with Crippen LogP contribution >= 0.6 is 11.6 Å². The normalized spacial score (nSPS) is 11.4. The van der Waals surface area contributed by atoms with Crippen LogP contribution in [-0.2, 0) is 5.54 Å². The molecule has 0 aliphatic carbocycles. The van der Waals surface area contributed by atoms with Crippen molar-refractivity contribution in [3.63, 3.8) is 0 Å². The predicted octanol–water partition coefficient (Wildman–Crippen LogP) is 3.13. The summed E-state index contributed by atoms with van der Waals surface area (Å²) in [5.41, 5.74) is 6.72. The van der Waals surface area contributed by atoms with Crippen LogP contribution in [0.15, 0.2) is 30.5 Å². The molecule has 6 heteroatoms. The first kappa shape index (κ1) is 14.4. The second kappa shape index (κ2) is 5.17. The highest BCUT2D eigenvalue weighted by atomic mass is 35.5. The SMILES string of the molecule is CC(C)(C)n1ncc(C(=O)Nc2ccc(Cl)cc2)c1N. The van der Waals surface area contributed by atoms with Crippen LogP contribution < -0.4 is 11.1 Å². The van der Waals surface area contributed by atoms with Gasteiger partial charge in [0.25, 0.3) is 5.91 Å². The Kier molecular flexibility index (Phi) is 3.72. The molecule has 0 saturated carbocycles. The second-order valence-electron chi connectivity index (χ2n) is 5.49. The first-order valence-corrected chi connectivity index (χ1v) is 6.58. The number of nitrogen functional groups attached to an aromatic ring is 1. The first-order valence-electron chi connectivity index (χ1n) is 6.20. The Morgan fingerprint density at radius 1 is 1.30 bits per heavy atom. The minimum Gasteiger partial charge on any atom is -0.383 e. The Morgan fingerprint density at radius 2 is 1.90 bits per heavy atom. The van der Waals surface area contributed by atoms with Crippen LogP contribution in [0.1, 0.15) is 31.1 Å². The average molecular weight is 293 g/mol. The molecule has 1 heterocycles. The van der Waals surface area contributed by atoms with Crippen molar-refractivity contribution in [3.05, 3.63) is 41.0 Å². The molecule has 1 aromatic carbocycles. The van der Waals surface area contributed by atoms with Gasteiger partial charge in [0.1, 0.15) is 11.4 Å². The number of carbonyl (C=O) groups excluding carboxylic acids is 1. The van der Waals surface area contributed by atoms with Crippen molar-refractivity contribution in [1.29, 1.82) is 0 Å². The number of hydrogen-bond acceptors (Lipinski definition) is 3. The van der Waals surface area contributed by atoms with Crippen molar-refractivity contribution in [1.82, 2.24) is 9.78 Å². The molecule has 0 saturated heterocycles. The number of hydrogen-bond donors (Lipinski definition) is 2. The standard InChI is InChI=1S/C14H17ClN4O/c1-14(2,3)19-12(16)11(8-17-19)13(20)18-10-6-4-9(15)5-7-10/h4-8H,16H2,1-3H3,(H,18,20). The van der Waals surface area contributed by atoms with Crippen LogP contribution in [0.3, 0.4) is 0 Å². The zero-order chi connectivity index (χ0) is 14.9. The summed E-state index contributed by atoms with van der Waals surface area (Å²) in [5.74, 6) is 0.0595. The highest BCUT2D eigenvalue weighted by Gasteiger charge is 2.22. The average Bonchev–Trinajstić information content (AvgIpc) is 2.74. The van der Waals surface area contributed by atoms with Gasteiger partial charge < -0.3 is 11.1 Å². The first-order chi connectivity index (χ1) is 9.29. The highest BCUT2D eigenvalue weighted by Crippen LogP contribution is 2.22. The van der Waals surface area contributed by atoms with Crippen molar-refractivity contribution in [2.24, 2.45) is 0 Å². The summed E-state index contributed by atoms with van der Waals surface area (Å²) in [7, 11) is 0. The third-order valence-electron chi connectivity index (χ3n) is 2.79. The van der Waals surface area contributed by atoms with Gasteiger partial charge in [0, 0.05) is 10.7 Å². The number of amides is 1. The molecular weight excluding hydrogens is 276 g/mol. The van der Waals surface area contributed by atoms with Crippen molar-refractivity contribution in [3.8, 4) is 0 Å². The Bertz CT molecular complexity index is 626. The molecule has 20 heavy (non-hydrogen) atoms. The van der Waals surface area contributed by atoms with Gasteiger partial charge in [-0.25, -0.2) is 4.68 Å². The van der Waals surface area contributed by atoms with Gasteiger partial charge in [-0.05, 0) is 45.0 Å². The molecule has 0 aliphatic rings. The van der Waals surface area contributed by atoms with E-state index in [1.807, 2.05) is 20.8 Å². The van der Waals surface area contributed by atoms with Crippen molar-refractivity contribution in [2.75, 3.05) is 11.1 Å². The van der Waals surface area contributed by atoms with E-state index in [9.17, 15) is 4.79 Å². The number of nitrogens with two attached hydrogens (primary N) is 1. The molecule has 2 rings (SSSR count). The maximum absolute atomic E-state index is 12.2. The van der Waals surface area contributed by atoms with E-state index in [1.165, 1.54) is 6.20 Å². The topological polar surface area (TPSA) is 72.9 Å². The molecule has 0 spiro atoms. The monoisotopic (exact) mass is 292 g/mol. The van der Waals surface area contributed by atoms with Crippen LogP contribution in [0.2, 0.25) is 5.02 Å². The Labute approximate surface area is 122 Å². The van der Waals surface area contributed by atoms with Gasteiger partial charge in [0.2, 0.25) is 0 Å². The van der Waals surface area contributed by atoms with Crippen LogP contribution in [-0.4, -0.2) is 15.7 Å². The van der Waals surface area contributed by atoms with E-state index >= 15 is 0 Å². The molecule has 0 atom stereocenters. The molecule has 3 N–H and O–H groups in total. The maximum Gasteiger partial charge on any atom is 0.261 e. The zero-order valence-corrected chi connectivity index (χ0v) is 12.4. The van der Waals surface area contributed by atoms with Crippen LogP contribution in [0.25, 0.3) is 0 Å². The van der Waals surface area contributed by atoms with Crippen molar-refractivity contribution >= 4 is 29.0 Å². The summed E-state index contributed by atoms with van der Waals surface area (Å²) in [4.78, 5) is 12.2. The van der Waals surface area contributed by atoms with Crippen LogP contribution in [0.4, 0.5) is 11.5 Å². The fourth-order valence-corrected chi connectivity index (χ4v) is 1.93. The number of aromatic nitrogens is 2. The summed E-state index contributed by atoms with van der Waals surface area (Å²) in [6.07, 6.45) is 1.48. The van der Waals surface area contributed by atoms with E-state index in [0.717, 1.165) is 0 Å². The lowest BCUT2D eigenvalue weighted by Crippen LogP contribution is -2.25. The number of nitrogens with one attached hydrogen (secondary N) is 1. The smallest absolute Gasteiger partial charge is 0.261 e. The molecule has 0 fully saturated rings. The third-order valence-corrected chi connectivity index (χ3v) is 3.04. The zero-order valence-electron chi connectivity index (χ0n) is 11.6. The number of benzene rings is 1. The van der Waals surface area contributed by atoms with E-state index in [4.69, 9.17) is 17.3 Å². The lowest BCUT2D eigenvalue weighted by molar-refractivity contribution is 0.102. The van der Waals surface area contributed by atoms with Crippen LogP contribution in [0.5, 0.6) is 0 Å². The minimum absolute atomic E-state index is 0.275. The van der Waals surface area contributed by atoms with E-state index < -0.39 is 0 Å². The molecule has 0 radical (unpaired) electrons. The van der Waals surface area contributed by atoms with Gasteiger partial charge in [-0.1, -0.05) is 11.6 Å². The summed E-state index contributed by atoms with van der Waals surface area (Å²) >= 11 is 5.80. The highest BCUT2D eigenvalue weighted by molar-refractivity contribution is 6.30. The quantitative estimate of drug-likeness (QED) is 0.893. The van der Waals surface area contributed by atoms with E-state index in [1.54, 1.807) is 28.9 Å². The van der Waals surface area contributed by atoms with Crippen LogP contribution in [0, 0.1) is 0 Å². The summed E-state index contributed by atoms with van der Waals surface area (Å²) in [5, 5.41) is 7.55. The molecule has 1 aromatic heterocycles. The van der Waals surface area contributed by atoms with E-state index in [2.05, 4.69) is 10.4 Å². The summed E-state index contributed by atoms with van der Waals surface area (Å²) in [6.45, 7) is 5.91. The Hall–Kier alpha value is -2.01. The largest absolute Gasteiger partial charge is 0.383 e. The number of anilines is 2. The van der Waals surface area contributed by atoms with Crippen molar-refractivity contribution in [2.45, 2.75) is 26.3 Å². The molecule has 106 valence electrons. The maximum atomic E-state index is 12.2. The lowest BCUT2D eigenvalue weighted by Gasteiger charge is -2.20. The van der Waals surface area contributed by atoms with Gasteiger partial charge in [-0.15, -0.1) is 0 Å². The number of halogens is 1. The van der Waals surface area contributed by atoms with E-state index in [-0.39, 0.29) is 11.4 Å². The molecule has 5 nitrogen and oxygen atoms in total. The van der Waals surface area contributed by atoms with Gasteiger partial charge in [-0.2, -0.15) is 5.10 Å². The fourth-order valence-electron chi connectivity index (χ4n) is 1.80. The van der Waals surface area contributed by atoms with Gasteiger partial charge in [0.15, 0.2) is 0 Å². The van der Waals surface area contributed by atoms with Gasteiger partial charge in [0.05, 0.1) is 11.7 Å². The van der Waals surface area contributed by atoms with Crippen molar-refractivity contribution < 1.29 is 4.79 Å². The third kappa shape index (κ3) is 2.93. The van der Waals surface area contributed by atoms with E-state index in [0.29, 0.717) is 22.1 Å². The molecule has 2 aromatic rings. The summed E-state index contributed by atoms with van der Waals surface area (Å²) in [6, 6.07) is 6.87. The molecular formula is C14H17ClN4O. The fraction of sp³-hybridized carbons (Fsp3) is 0.286. The summed E-state index contributed by atoms with van der Waals surface area (Å²) < 4.78 is 1.63. The second-order valence-corrected chi connectivity index (χ2v) is 5.92. The predicted molar refractivity (Wildman–Crippen MR) is 81.0 cm³/mol. The Balaban J connectivity index is 2.22. The van der Waals surface area contributed by atoms with Gasteiger partial charge >= 0.3 is 0 Å². The Morgan fingerprint density at radius 3 is 2.40 bits per heavy atom. The number of carbonyl (C=O) groups is 1.